The Labute approximate surface area is 167 Å². The minimum atomic E-state index is -3.50. The van der Waals surface area contributed by atoms with Gasteiger partial charge in [0, 0.05) is 25.7 Å². The third-order valence-electron chi connectivity index (χ3n) is 3.79. The normalized spacial score (nSPS) is 12.2. The number of furan rings is 1. The summed E-state index contributed by atoms with van der Waals surface area (Å²) in [6, 6.07) is 9.96. The van der Waals surface area contributed by atoms with Crippen LogP contribution in [0.3, 0.4) is 0 Å². The van der Waals surface area contributed by atoms with Gasteiger partial charge in [-0.05, 0) is 72.3 Å². The van der Waals surface area contributed by atoms with Crippen LogP contribution in [0.2, 0.25) is 0 Å². The number of rotatable bonds is 7. The van der Waals surface area contributed by atoms with Gasteiger partial charge >= 0.3 is 0 Å². The summed E-state index contributed by atoms with van der Waals surface area (Å²) < 4.78 is 32.2. The highest BCUT2D eigenvalue weighted by molar-refractivity contribution is 14.1. The van der Waals surface area contributed by atoms with Crippen molar-refractivity contribution in [1.29, 1.82) is 0 Å². The number of nitrogens with one attached hydrogen (secondary N) is 1. The average Bonchev–Trinajstić information content (AvgIpc) is 3.03. The summed E-state index contributed by atoms with van der Waals surface area (Å²) in [6.07, 6.45) is 2.99. The highest BCUT2D eigenvalue weighted by atomic mass is 127. The van der Waals surface area contributed by atoms with E-state index in [0.29, 0.717) is 12.3 Å². The Morgan fingerprint density at radius 3 is 2.42 bits per heavy atom. The molecule has 0 aliphatic carbocycles. The first-order valence-corrected chi connectivity index (χ1v) is 10.5. The maximum Gasteiger partial charge on any atom is 0.244 e. The van der Waals surface area contributed by atoms with Crippen LogP contribution < -0.4 is 5.32 Å². The first-order chi connectivity index (χ1) is 12.2. The Balaban J connectivity index is 1.95. The standard InChI is InChI=1S/C18H21IN2O4S/c1-13(2)21(3)26(23,24)16-8-4-14(5-9-16)12-20-18(22)11-7-15-6-10-17(19)25-15/h4-11,13H,12H2,1-3H3,(H,20,22)/b11-7+. The van der Waals surface area contributed by atoms with Gasteiger partial charge < -0.3 is 9.73 Å². The van der Waals surface area contributed by atoms with Crippen LogP contribution in [0.15, 0.2) is 51.8 Å². The minimum absolute atomic E-state index is 0.122. The lowest BCUT2D eigenvalue weighted by Gasteiger charge is -2.21. The lowest BCUT2D eigenvalue weighted by Crippen LogP contribution is -2.33. The number of sulfonamides is 1. The Morgan fingerprint density at radius 1 is 1.23 bits per heavy atom. The molecule has 0 bridgehead atoms. The number of halogens is 1. The Hall–Kier alpha value is -1.65. The van der Waals surface area contributed by atoms with E-state index in [4.69, 9.17) is 4.42 Å². The SMILES string of the molecule is CC(C)N(C)S(=O)(=O)c1ccc(CNC(=O)/C=C/c2ccc(I)o2)cc1. The topological polar surface area (TPSA) is 79.6 Å². The number of nitrogens with zero attached hydrogens (tertiary/aromatic N) is 1. The second-order valence-corrected chi connectivity index (χ2v) is 9.01. The molecule has 0 saturated carbocycles. The molecule has 140 valence electrons. The molecule has 26 heavy (non-hydrogen) atoms. The predicted molar refractivity (Wildman–Crippen MR) is 109 cm³/mol. The smallest absolute Gasteiger partial charge is 0.244 e. The van der Waals surface area contributed by atoms with Crippen LogP contribution in [0, 0.1) is 3.77 Å². The summed E-state index contributed by atoms with van der Waals surface area (Å²) in [4.78, 5) is 12.1. The first kappa shape index (κ1) is 20.7. The number of carbonyl (C=O) groups excluding carboxylic acids is 1. The number of amides is 1. The van der Waals surface area contributed by atoms with Crippen LogP contribution in [0.5, 0.6) is 0 Å². The van der Waals surface area contributed by atoms with Crippen molar-refractivity contribution < 1.29 is 17.6 Å². The second kappa shape index (κ2) is 8.83. The Morgan fingerprint density at radius 2 is 1.88 bits per heavy atom. The molecule has 1 N–H and O–H groups in total. The highest BCUT2D eigenvalue weighted by Gasteiger charge is 2.22. The van der Waals surface area contributed by atoms with Crippen LogP contribution in [0.4, 0.5) is 0 Å². The second-order valence-electron chi connectivity index (χ2n) is 5.95. The fourth-order valence-corrected chi connectivity index (χ4v) is 3.85. The summed E-state index contributed by atoms with van der Waals surface area (Å²) in [7, 11) is -1.94. The molecule has 0 spiro atoms. The molecular formula is C18H21IN2O4S. The molecule has 0 unspecified atom stereocenters. The Bertz CT molecular complexity index is 886. The average molecular weight is 488 g/mol. The van der Waals surface area contributed by atoms with Crippen molar-refractivity contribution in [3.05, 3.63) is 57.6 Å². The van der Waals surface area contributed by atoms with Crippen LogP contribution in [0.25, 0.3) is 6.08 Å². The molecule has 8 heteroatoms. The molecule has 1 amide bonds. The fourth-order valence-electron chi connectivity index (χ4n) is 2.05. The number of carbonyl (C=O) groups is 1. The van der Waals surface area contributed by atoms with Crippen molar-refractivity contribution in [2.45, 2.75) is 31.3 Å². The number of hydrogen-bond donors (Lipinski definition) is 1. The molecule has 1 aromatic heterocycles. The number of hydrogen-bond acceptors (Lipinski definition) is 4. The van der Waals surface area contributed by atoms with Crippen molar-refractivity contribution in [2.75, 3.05) is 7.05 Å². The molecule has 0 atom stereocenters. The third kappa shape index (κ3) is 5.42. The number of benzene rings is 1. The molecule has 0 aliphatic rings. The third-order valence-corrected chi connectivity index (χ3v) is 6.41. The zero-order valence-corrected chi connectivity index (χ0v) is 17.7. The molecule has 2 aromatic rings. The van der Waals surface area contributed by atoms with E-state index in [-0.39, 0.29) is 16.8 Å². The first-order valence-electron chi connectivity index (χ1n) is 7.98. The van der Waals surface area contributed by atoms with E-state index in [9.17, 15) is 13.2 Å². The maximum absolute atomic E-state index is 12.4. The molecule has 1 heterocycles. The van der Waals surface area contributed by atoms with E-state index >= 15 is 0 Å². The zero-order chi connectivity index (χ0) is 19.3. The van der Waals surface area contributed by atoms with Gasteiger partial charge in [0.2, 0.25) is 15.9 Å². The van der Waals surface area contributed by atoms with Crippen molar-refractivity contribution in [3.8, 4) is 0 Å². The van der Waals surface area contributed by atoms with Crippen molar-refractivity contribution in [3.63, 3.8) is 0 Å². The van der Waals surface area contributed by atoms with E-state index in [1.165, 1.54) is 10.4 Å². The largest absolute Gasteiger partial charge is 0.451 e. The Kier molecular flexibility index (Phi) is 7.01. The van der Waals surface area contributed by atoms with Gasteiger partial charge in [-0.1, -0.05) is 12.1 Å². The molecule has 0 radical (unpaired) electrons. The van der Waals surface area contributed by atoms with Crippen LogP contribution >= 0.6 is 22.6 Å². The van der Waals surface area contributed by atoms with Crippen LogP contribution in [-0.2, 0) is 21.4 Å². The lowest BCUT2D eigenvalue weighted by atomic mass is 10.2. The van der Waals surface area contributed by atoms with E-state index < -0.39 is 10.0 Å². The molecular weight excluding hydrogens is 467 g/mol. The maximum atomic E-state index is 12.4. The van der Waals surface area contributed by atoms with E-state index in [2.05, 4.69) is 27.9 Å². The molecule has 0 fully saturated rings. The molecule has 0 saturated heterocycles. The van der Waals surface area contributed by atoms with E-state index in [1.807, 2.05) is 19.9 Å². The van der Waals surface area contributed by atoms with E-state index in [1.54, 1.807) is 43.5 Å². The van der Waals surface area contributed by atoms with Crippen molar-refractivity contribution in [1.82, 2.24) is 9.62 Å². The van der Waals surface area contributed by atoms with Gasteiger partial charge in [-0.3, -0.25) is 4.79 Å². The molecule has 2 rings (SSSR count). The van der Waals surface area contributed by atoms with E-state index in [0.717, 1.165) is 9.33 Å². The summed E-state index contributed by atoms with van der Waals surface area (Å²) in [5, 5.41) is 2.75. The van der Waals surface area contributed by atoms with Crippen LogP contribution in [0.1, 0.15) is 25.2 Å². The van der Waals surface area contributed by atoms with Gasteiger partial charge in [-0.25, -0.2) is 8.42 Å². The summed E-state index contributed by atoms with van der Waals surface area (Å²) in [5.74, 6) is 0.348. The monoisotopic (exact) mass is 488 g/mol. The zero-order valence-electron chi connectivity index (χ0n) is 14.8. The highest BCUT2D eigenvalue weighted by Crippen LogP contribution is 2.17. The predicted octanol–water partition coefficient (Wildman–Crippen LogP) is 3.24. The molecule has 6 nitrogen and oxygen atoms in total. The van der Waals surface area contributed by atoms with Gasteiger partial charge in [0.25, 0.3) is 0 Å². The fraction of sp³-hybridized carbons (Fsp3) is 0.278. The van der Waals surface area contributed by atoms with Gasteiger partial charge in [0.15, 0.2) is 3.77 Å². The van der Waals surface area contributed by atoms with Gasteiger partial charge in [-0.15, -0.1) is 0 Å². The minimum Gasteiger partial charge on any atom is -0.451 e. The quantitative estimate of drug-likeness (QED) is 0.480. The van der Waals surface area contributed by atoms with Gasteiger partial charge in [-0.2, -0.15) is 4.31 Å². The van der Waals surface area contributed by atoms with Gasteiger partial charge in [0.1, 0.15) is 5.76 Å². The molecule has 0 aliphatic heterocycles. The summed E-state index contributed by atoms with van der Waals surface area (Å²) in [5.41, 5.74) is 0.811. The lowest BCUT2D eigenvalue weighted by molar-refractivity contribution is -0.116. The molecule has 1 aromatic carbocycles. The summed E-state index contributed by atoms with van der Waals surface area (Å²) >= 11 is 2.05. The summed E-state index contributed by atoms with van der Waals surface area (Å²) in [6.45, 7) is 3.94. The van der Waals surface area contributed by atoms with Crippen LogP contribution in [-0.4, -0.2) is 31.7 Å². The van der Waals surface area contributed by atoms with Crippen molar-refractivity contribution >= 4 is 44.6 Å². The van der Waals surface area contributed by atoms with Gasteiger partial charge in [0.05, 0.1) is 4.90 Å². The van der Waals surface area contributed by atoms with Crippen molar-refractivity contribution in [2.24, 2.45) is 0 Å².